The van der Waals surface area contributed by atoms with Crippen molar-refractivity contribution in [3.8, 4) is 0 Å². The largest absolute Gasteiger partial charge is 0.433 e. The zero-order valence-electron chi connectivity index (χ0n) is 21.1. The summed E-state index contributed by atoms with van der Waals surface area (Å²) in [6.45, 7) is 3.49. The van der Waals surface area contributed by atoms with Crippen LogP contribution in [0.15, 0.2) is 48.8 Å². The van der Waals surface area contributed by atoms with E-state index in [9.17, 15) is 27.9 Å². The van der Waals surface area contributed by atoms with Crippen molar-refractivity contribution in [1.29, 1.82) is 0 Å². The minimum atomic E-state index is -4.60. The molecule has 1 aromatic carbocycles. The van der Waals surface area contributed by atoms with Gasteiger partial charge in [-0.1, -0.05) is 12.1 Å². The number of rotatable bonds is 6. The molecule has 0 saturated heterocycles. The lowest BCUT2D eigenvalue weighted by molar-refractivity contribution is -0.141. The van der Waals surface area contributed by atoms with Gasteiger partial charge in [-0.2, -0.15) is 18.3 Å². The first-order valence-electron chi connectivity index (χ1n) is 12.3. The van der Waals surface area contributed by atoms with Gasteiger partial charge in [0, 0.05) is 24.9 Å². The van der Waals surface area contributed by atoms with Crippen LogP contribution in [0.3, 0.4) is 0 Å². The Balaban J connectivity index is 1.36. The zero-order valence-corrected chi connectivity index (χ0v) is 21.1. The van der Waals surface area contributed by atoms with Gasteiger partial charge < -0.3 is 15.7 Å². The zero-order chi connectivity index (χ0) is 27.9. The molecule has 3 heterocycles. The fraction of sp³-hybridized carbons (Fsp3) is 0.296. The molecule has 3 N–H and O–H groups in total. The van der Waals surface area contributed by atoms with Crippen LogP contribution in [0, 0.1) is 6.92 Å². The van der Waals surface area contributed by atoms with Crippen molar-refractivity contribution in [1.82, 2.24) is 30.2 Å². The van der Waals surface area contributed by atoms with E-state index in [0.717, 1.165) is 40.9 Å². The molecule has 1 aliphatic rings. The first kappa shape index (κ1) is 26.3. The molecule has 0 bridgehead atoms. The quantitative estimate of drug-likeness (QED) is 0.343. The number of hydrogen-bond acceptors (Lipinski definition) is 6. The van der Waals surface area contributed by atoms with Gasteiger partial charge >= 0.3 is 6.18 Å². The van der Waals surface area contributed by atoms with Crippen LogP contribution >= 0.6 is 0 Å². The highest BCUT2D eigenvalue weighted by Gasteiger charge is 2.32. The van der Waals surface area contributed by atoms with Crippen molar-refractivity contribution in [3.63, 3.8) is 0 Å². The van der Waals surface area contributed by atoms with Gasteiger partial charge in [0.1, 0.15) is 17.1 Å². The van der Waals surface area contributed by atoms with Gasteiger partial charge in [0.25, 0.3) is 11.8 Å². The Labute approximate surface area is 221 Å². The maximum atomic E-state index is 13.4. The average molecular weight is 539 g/mol. The maximum Gasteiger partial charge on any atom is 0.433 e. The van der Waals surface area contributed by atoms with Gasteiger partial charge in [0.05, 0.1) is 18.3 Å². The van der Waals surface area contributed by atoms with Crippen LogP contribution in [-0.2, 0) is 19.1 Å². The molecule has 39 heavy (non-hydrogen) atoms. The number of benzene rings is 1. The van der Waals surface area contributed by atoms with Crippen molar-refractivity contribution in [2.75, 3.05) is 0 Å². The molecule has 0 spiro atoms. The van der Waals surface area contributed by atoms with Gasteiger partial charge in [-0.25, -0.2) is 9.50 Å². The summed E-state index contributed by atoms with van der Waals surface area (Å²) in [5, 5.41) is 19.7. The summed E-state index contributed by atoms with van der Waals surface area (Å²) < 4.78 is 40.2. The van der Waals surface area contributed by atoms with Crippen molar-refractivity contribution in [3.05, 3.63) is 93.7 Å². The van der Waals surface area contributed by atoms with Crippen LogP contribution in [0.25, 0.3) is 5.65 Å². The van der Waals surface area contributed by atoms with Crippen LogP contribution in [0.1, 0.15) is 80.0 Å². The topological polar surface area (TPSA) is 122 Å². The highest BCUT2D eigenvalue weighted by Crippen LogP contribution is 2.36. The van der Waals surface area contributed by atoms with E-state index in [1.807, 2.05) is 19.1 Å². The van der Waals surface area contributed by atoms with E-state index < -0.39 is 29.8 Å². The summed E-state index contributed by atoms with van der Waals surface area (Å²) in [6.07, 6.45) is -1.30. The third-order valence-corrected chi connectivity index (χ3v) is 6.88. The summed E-state index contributed by atoms with van der Waals surface area (Å²) in [7, 11) is 0. The van der Waals surface area contributed by atoms with Crippen molar-refractivity contribution < 1.29 is 27.9 Å². The van der Waals surface area contributed by atoms with E-state index in [1.165, 1.54) is 28.9 Å². The molecule has 4 aromatic rings. The van der Waals surface area contributed by atoms with E-state index in [0.29, 0.717) is 6.42 Å². The Kier molecular flexibility index (Phi) is 6.81. The smallest absolute Gasteiger partial charge is 0.389 e. The summed E-state index contributed by atoms with van der Waals surface area (Å²) in [5.74, 6) is -1.12. The molecule has 3 aromatic heterocycles. The van der Waals surface area contributed by atoms with Crippen LogP contribution in [0.4, 0.5) is 13.2 Å². The summed E-state index contributed by atoms with van der Waals surface area (Å²) in [4.78, 5) is 33.8. The van der Waals surface area contributed by atoms with E-state index in [-0.39, 0.29) is 35.2 Å². The Hall–Kier alpha value is -4.32. The van der Waals surface area contributed by atoms with Gasteiger partial charge in [0.15, 0.2) is 5.65 Å². The van der Waals surface area contributed by atoms with Crippen LogP contribution < -0.4 is 10.6 Å². The van der Waals surface area contributed by atoms with Gasteiger partial charge in [-0.05, 0) is 66.6 Å². The molecule has 0 fully saturated rings. The van der Waals surface area contributed by atoms with Crippen molar-refractivity contribution in [2.24, 2.45) is 0 Å². The monoisotopic (exact) mass is 538 g/mol. The van der Waals surface area contributed by atoms with Crippen LogP contribution in [0.5, 0.6) is 0 Å². The van der Waals surface area contributed by atoms with E-state index in [2.05, 4.69) is 25.7 Å². The maximum absolute atomic E-state index is 13.4. The summed E-state index contributed by atoms with van der Waals surface area (Å²) >= 11 is 0. The standard InChI is InChI=1S/C27H25F3N6O3/c1-14-17(15(2)37)3-4-19-18(14)5-6-20(19)35-26(39)22-12-21(34-24-8-10-33-36(22)24)25(38)32-13-16-7-9-31-23(11-16)27(28,29)30/h3-4,7-12,15,20,37H,5-6,13H2,1-2H3,(H,32,38)(H,35,39)/t15?,20-/m0/s1. The second-order valence-corrected chi connectivity index (χ2v) is 9.45. The number of carbonyl (C=O) groups is 2. The number of hydrogen-bond donors (Lipinski definition) is 3. The minimum absolute atomic E-state index is 0.0810. The SMILES string of the molecule is Cc1c(C(C)O)ccc2c1CC[C@@H]2NC(=O)c1cc(C(=O)NCc2ccnc(C(F)(F)F)c2)nc2ccnn12. The third kappa shape index (κ3) is 5.19. The lowest BCUT2D eigenvalue weighted by Crippen LogP contribution is -2.30. The number of aromatic nitrogens is 4. The highest BCUT2D eigenvalue weighted by molar-refractivity contribution is 5.98. The van der Waals surface area contributed by atoms with E-state index >= 15 is 0 Å². The number of fused-ring (bicyclic) bond motifs is 2. The molecule has 5 rings (SSSR count). The predicted molar refractivity (Wildman–Crippen MR) is 134 cm³/mol. The Morgan fingerprint density at radius 1 is 1.15 bits per heavy atom. The van der Waals surface area contributed by atoms with E-state index in [1.54, 1.807) is 6.92 Å². The molecule has 1 unspecified atom stereocenters. The number of nitrogens with zero attached hydrogens (tertiary/aromatic N) is 4. The number of nitrogens with one attached hydrogen (secondary N) is 2. The Morgan fingerprint density at radius 3 is 2.69 bits per heavy atom. The first-order valence-corrected chi connectivity index (χ1v) is 12.3. The number of halogens is 3. The predicted octanol–water partition coefficient (Wildman–Crippen LogP) is 3.85. The van der Waals surface area contributed by atoms with Crippen LogP contribution in [0.2, 0.25) is 0 Å². The number of carbonyl (C=O) groups excluding carboxylic acids is 2. The normalized spacial score (nSPS) is 15.7. The molecule has 202 valence electrons. The molecule has 0 aliphatic heterocycles. The minimum Gasteiger partial charge on any atom is -0.389 e. The van der Waals surface area contributed by atoms with Crippen LogP contribution in [-0.4, -0.2) is 36.5 Å². The molecule has 1 aliphatic carbocycles. The molecule has 12 heteroatoms. The number of amides is 2. The Bertz CT molecular complexity index is 1580. The van der Waals surface area contributed by atoms with Gasteiger partial charge in [0.2, 0.25) is 0 Å². The molecule has 2 amide bonds. The van der Waals surface area contributed by atoms with Crippen molar-refractivity contribution >= 4 is 17.5 Å². The molecular weight excluding hydrogens is 513 g/mol. The molecule has 9 nitrogen and oxygen atoms in total. The lowest BCUT2D eigenvalue weighted by atomic mass is 9.95. The van der Waals surface area contributed by atoms with Gasteiger partial charge in [-0.3, -0.25) is 14.6 Å². The third-order valence-electron chi connectivity index (χ3n) is 6.88. The Morgan fingerprint density at radius 2 is 1.95 bits per heavy atom. The molecule has 0 radical (unpaired) electrons. The second-order valence-electron chi connectivity index (χ2n) is 9.45. The number of alkyl halides is 3. The van der Waals surface area contributed by atoms with E-state index in [4.69, 9.17) is 0 Å². The molecule has 2 atom stereocenters. The lowest BCUT2D eigenvalue weighted by Gasteiger charge is -2.17. The fourth-order valence-corrected chi connectivity index (χ4v) is 4.94. The fourth-order valence-electron chi connectivity index (χ4n) is 4.94. The van der Waals surface area contributed by atoms with Gasteiger partial charge in [-0.15, -0.1) is 0 Å². The molecule has 0 saturated carbocycles. The number of aliphatic hydroxyl groups is 1. The summed E-state index contributed by atoms with van der Waals surface area (Å²) in [5.41, 5.74) is 3.36. The molecular formula is C27H25F3N6O3. The summed E-state index contributed by atoms with van der Waals surface area (Å²) in [6, 6.07) is 8.59. The first-order chi connectivity index (χ1) is 18.5. The number of aliphatic hydroxyl groups excluding tert-OH is 1. The average Bonchev–Trinajstić information content (AvgIpc) is 3.54. The second kappa shape index (κ2) is 10.1. The number of pyridine rings is 1. The highest BCUT2D eigenvalue weighted by atomic mass is 19.4. The van der Waals surface area contributed by atoms with Crippen molar-refractivity contribution in [2.45, 2.75) is 51.6 Å².